The van der Waals surface area contributed by atoms with Gasteiger partial charge in [-0.05, 0) is 34.1 Å². The van der Waals surface area contributed by atoms with Crippen LogP contribution in [0.4, 0.5) is 0 Å². The molecule has 0 amide bonds. The lowest BCUT2D eigenvalue weighted by Gasteiger charge is -1.96. The van der Waals surface area contributed by atoms with Gasteiger partial charge in [0.25, 0.3) is 0 Å². The zero-order valence-corrected chi connectivity index (χ0v) is 8.67. The van der Waals surface area contributed by atoms with Gasteiger partial charge in [0.05, 0.1) is 16.2 Å². The van der Waals surface area contributed by atoms with Gasteiger partial charge in [-0.3, -0.25) is 0 Å². The second-order valence-electron chi connectivity index (χ2n) is 2.88. The van der Waals surface area contributed by atoms with Crippen molar-refractivity contribution in [3.8, 4) is 6.07 Å². The molecule has 2 nitrogen and oxygen atoms in total. The number of hydrogen-bond donors (Lipinski definition) is 0. The lowest BCUT2D eigenvalue weighted by molar-refractivity contribution is 0.941. The highest BCUT2D eigenvalue weighted by atomic mass is 79.9. The van der Waals surface area contributed by atoms with Gasteiger partial charge in [0.1, 0.15) is 0 Å². The molecule has 0 bridgehead atoms. The summed E-state index contributed by atoms with van der Waals surface area (Å²) in [6.45, 7) is 0. The average Bonchev–Trinajstić information content (AvgIpc) is 2.43. The van der Waals surface area contributed by atoms with E-state index < -0.39 is 0 Å². The Balaban J connectivity index is 2.95. The number of aromatic nitrogens is 1. The first-order chi connectivity index (χ1) is 6.24. The van der Waals surface area contributed by atoms with Crippen molar-refractivity contribution >= 4 is 26.8 Å². The van der Waals surface area contributed by atoms with E-state index in [0.29, 0.717) is 0 Å². The second-order valence-corrected chi connectivity index (χ2v) is 3.69. The average molecular weight is 235 g/mol. The minimum absolute atomic E-state index is 0.721. The Morgan fingerprint density at radius 3 is 2.92 bits per heavy atom. The van der Waals surface area contributed by atoms with Crippen LogP contribution in [-0.4, -0.2) is 4.57 Å². The molecular formula is C10H7BrN2. The maximum atomic E-state index is 8.86. The van der Waals surface area contributed by atoms with Gasteiger partial charge >= 0.3 is 0 Å². The molecule has 3 heteroatoms. The van der Waals surface area contributed by atoms with Crippen LogP contribution in [0.15, 0.2) is 28.9 Å². The zero-order valence-electron chi connectivity index (χ0n) is 7.08. The Hall–Kier alpha value is -1.27. The topological polar surface area (TPSA) is 28.7 Å². The summed E-state index contributed by atoms with van der Waals surface area (Å²) in [4.78, 5) is 0. The predicted molar refractivity (Wildman–Crippen MR) is 55.3 cm³/mol. The molecule has 0 atom stereocenters. The highest BCUT2D eigenvalue weighted by Gasteiger charge is 2.05. The third-order valence-corrected chi connectivity index (χ3v) is 2.91. The van der Waals surface area contributed by atoms with Crippen molar-refractivity contribution in [2.24, 2.45) is 7.05 Å². The number of aryl methyl sites for hydroxylation is 1. The molecule has 2 rings (SSSR count). The normalized spacial score (nSPS) is 10.2. The molecule has 0 fully saturated rings. The largest absolute Gasteiger partial charge is 0.338 e. The molecule has 0 N–H and O–H groups in total. The van der Waals surface area contributed by atoms with Crippen molar-refractivity contribution in [1.29, 1.82) is 5.26 Å². The standard InChI is InChI=1S/C10H7BrN2/c1-13-9-4-2-3-7(6-12)8(9)5-10(13)11/h2-5H,1H3. The Bertz CT molecular complexity index is 505. The van der Waals surface area contributed by atoms with E-state index in [4.69, 9.17) is 5.26 Å². The van der Waals surface area contributed by atoms with E-state index in [1.165, 1.54) is 0 Å². The van der Waals surface area contributed by atoms with Crippen molar-refractivity contribution in [2.45, 2.75) is 0 Å². The van der Waals surface area contributed by atoms with E-state index in [2.05, 4.69) is 22.0 Å². The van der Waals surface area contributed by atoms with Gasteiger partial charge in [0.2, 0.25) is 0 Å². The number of rotatable bonds is 0. The predicted octanol–water partition coefficient (Wildman–Crippen LogP) is 2.81. The SMILES string of the molecule is Cn1c(Br)cc2c(C#N)cccc21. The van der Waals surface area contributed by atoms with Crippen molar-refractivity contribution in [3.63, 3.8) is 0 Å². The third kappa shape index (κ3) is 1.14. The van der Waals surface area contributed by atoms with Crippen molar-refractivity contribution < 1.29 is 0 Å². The van der Waals surface area contributed by atoms with Crippen molar-refractivity contribution in [1.82, 2.24) is 4.57 Å². The quantitative estimate of drug-likeness (QED) is 0.690. The first-order valence-electron chi connectivity index (χ1n) is 3.88. The van der Waals surface area contributed by atoms with E-state index >= 15 is 0 Å². The number of nitrogens with zero attached hydrogens (tertiary/aromatic N) is 2. The number of halogens is 1. The maximum absolute atomic E-state index is 8.86. The molecular weight excluding hydrogens is 228 g/mol. The third-order valence-electron chi connectivity index (χ3n) is 2.15. The summed E-state index contributed by atoms with van der Waals surface area (Å²) in [5.74, 6) is 0. The second kappa shape index (κ2) is 2.90. The van der Waals surface area contributed by atoms with Crippen LogP contribution in [0.5, 0.6) is 0 Å². The highest BCUT2D eigenvalue weighted by molar-refractivity contribution is 9.10. The summed E-state index contributed by atoms with van der Waals surface area (Å²) in [7, 11) is 1.97. The fourth-order valence-corrected chi connectivity index (χ4v) is 1.85. The lowest BCUT2D eigenvalue weighted by atomic mass is 10.1. The Labute approximate surface area is 84.5 Å². The van der Waals surface area contributed by atoms with Crippen LogP contribution in [0, 0.1) is 11.3 Å². The molecule has 1 aromatic carbocycles. The van der Waals surface area contributed by atoms with Gasteiger partial charge in [0, 0.05) is 18.0 Å². The van der Waals surface area contributed by atoms with Crippen LogP contribution < -0.4 is 0 Å². The van der Waals surface area contributed by atoms with E-state index in [-0.39, 0.29) is 0 Å². The molecule has 64 valence electrons. The monoisotopic (exact) mass is 234 g/mol. The summed E-state index contributed by atoms with van der Waals surface area (Å²) in [5.41, 5.74) is 1.80. The maximum Gasteiger partial charge on any atom is 0.0998 e. The van der Waals surface area contributed by atoms with E-state index in [0.717, 1.165) is 21.1 Å². The van der Waals surface area contributed by atoms with E-state index in [9.17, 15) is 0 Å². The highest BCUT2D eigenvalue weighted by Crippen LogP contribution is 2.24. The number of benzene rings is 1. The van der Waals surface area contributed by atoms with Crippen LogP contribution in [0.3, 0.4) is 0 Å². The molecule has 0 saturated carbocycles. The minimum atomic E-state index is 0.721. The Kier molecular flexibility index (Phi) is 1.86. The van der Waals surface area contributed by atoms with Crippen molar-refractivity contribution in [2.75, 3.05) is 0 Å². The molecule has 0 spiro atoms. The van der Waals surface area contributed by atoms with Gasteiger partial charge in [-0.2, -0.15) is 5.26 Å². The van der Waals surface area contributed by atoms with Crippen LogP contribution in [-0.2, 0) is 7.05 Å². The Morgan fingerprint density at radius 2 is 2.23 bits per heavy atom. The van der Waals surface area contributed by atoms with E-state index in [1.807, 2.05) is 35.9 Å². The van der Waals surface area contributed by atoms with Crippen LogP contribution >= 0.6 is 15.9 Å². The molecule has 1 aromatic heterocycles. The molecule has 13 heavy (non-hydrogen) atoms. The molecule has 0 aliphatic heterocycles. The summed E-state index contributed by atoms with van der Waals surface area (Å²) >= 11 is 3.43. The van der Waals surface area contributed by atoms with Gasteiger partial charge in [-0.25, -0.2) is 0 Å². The fourth-order valence-electron chi connectivity index (χ4n) is 1.43. The number of fused-ring (bicyclic) bond motifs is 1. The molecule has 0 aliphatic rings. The lowest BCUT2D eigenvalue weighted by Crippen LogP contribution is -1.86. The first kappa shape index (κ1) is 8.33. The van der Waals surface area contributed by atoms with Crippen LogP contribution in [0.25, 0.3) is 10.9 Å². The molecule has 0 unspecified atom stereocenters. The Morgan fingerprint density at radius 1 is 1.46 bits per heavy atom. The molecule has 0 aliphatic carbocycles. The van der Waals surface area contributed by atoms with Gasteiger partial charge in [-0.15, -0.1) is 0 Å². The molecule has 0 saturated heterocycles. The zero-order chi connectivity index (χ0) is 9.42. The fraction of sp³-hybridized carbons (Fsp3) is 0.100. The van der Waals surface area contributed by atoms with Gasteiger partial charge in [0.15, 0.2) is 0 Å². The minimum Gasteiger partial charge on any atom is -0.338 e. The first-order valence-corrected chi connectivity index (χ1v) is 4.67. The van der Waals surface area contributed by atoms with Crippen LogP contribution in [0.2, 0.25) is 0 Å². The smallest absolute Gasteiger partial charge is 0.0998 e. The number of hydrogen-bond acceptors (Lipinski definition) is 1. The molecule has 2 aromatic rings. The summed E-state index contributed by atoms with van der Waals surface area (Å²) in [5, 5.41) is 9.86. The van der Waals surface area contributed by atoms with Crippen molar-refractivity contribution in [3.05, 3.63) is 34.4 Å². The van der Waals surface area contributed by atoms with Crippen LogP contribution in [0.1, 0.15) is 5.56 Å². The molecule has 1 heterocycles. The summed E-state index contributed by atoms with van der Waals surface area (Å²) < 4.78 is 3.00. The van der Waals surface area contributed by atoms with Gasteiger partial charge in [-0.1, -0.05) is 6.07 Å². The molecule has 0 radical (unpaired) electrons. The van der Waals surface area contributed by atoms with Gasteiger partial charge < -0.3 is 4.57 Å². The number of nitriles is 1. The van der Waals surface area contributed by atoms with E-state index in [1.54, 1.807) is 0 Å². The summed E-state index contributed by atoms with van der Waals surface area (Å²) in [6.07, 6.45) is 0. The summed E-state index contributed by atoms with van der Waals surface area (Å²) in [6, 6.07) is 9.87.